The molecule has 0 nitrogen and oxygen atoms in total. The van der Waals surface area contributed by atoms with E-state index in [0.29, 0.717) is 0 Å². The Kier molecular flexibility index (Phi) is 12.1. The minimum atomic E-state index is 1.07. The number of fused-ring (bicyclic) bond motifs is 1. The second kappa shape index (κ2) is 14.1. The molecule has 2 aliphatic rings. The molecule has 0 spiro atoms. The van der Waals surface area contributed by atoms with Gasteiger partial charge in [0, 0.05) is 0 Å². The standard InChI is InChI=1S/C26H50/c1-3-5-7-9-11-13-16-23(17-14-12-10-8-6-4-2)22-25-21-20-24-18-15-19-26(24)25/h23-26H,3-22H2,1-2H3. The van der Waals surface area contributed by atoms with Gasteiger partial charge in [-0.25, -0.2) is 0 Å². The predicted molar refractivity (Wildman–Crippen MR) is 118 cm³/mol. The van der Waals surface area contributed by atoms with E-state index in [-0.39, 0.29) is 0 Å². The Morgan fingerprint density at radius 3 is 1.81 bits per heavy atom. The molecule has 0 aliphatic heterocycles. The number of rotatable bonds is 16. The van der Waals surface area contributed by atoms with Crippen molar-refractivity contribution in [2.75, 3.05) is 0 Å². The third kappa shape index (κ3) is 8.35. The van der Waals surface area contributed by atoms with E-state index < -0.39 is 0 Å². The number of hydrogen-bond acceptors (Lipinski definition) is 0. The molecule has 0 amide bonds. The van der Waals surface area contributed by atoms with Crippen LogP contribution >= 0.6 is 0 Å². The lowest BCUT2D eigenvalue weighted by Gasteiger charge is -2.25. The maximum absolute atomic E-state index is 2.33. The van der Waals surface area contributed by atoms with Crippen LogP contribution in [0.2, 0.25) is 0 Å². The first-order chi connectivity index (χ1) is 12.8. The lowest BCUT2D eigenvalue weighted by molar-refractivity contribution is 0.259. The third-order valence-electron chi connectivity index (χ3n) is 7.80. The van der Waals surface area contributed by atoms with Gasteiger partial charge in [0.15, 0.2) is 0 Å². The molecule has 0 aromatic rings. The van der Waals surface area contributed by atoms with Gasteiger partial charge in [0.25, 0.3) is 0 Å². The Morgan fingerprint density at radius 2 is 1.19 bits per heavy atom. The van der Waals surface area contributed by atoms with Crippen LogP contribution in [0.15, 0.2) is 0 Å². The molecule has 0 aromatic carbocycles. The van der Waals surface area contributed by atoms with Crippen molar-refractivity contribution in [2.24, 2.45) is 23.7 Å². The van der Waals surface area contributed by atoms with Gasteiger partial charge in [0.05, 0.1) is 0 Å². The third-order valence-corrected chi connectivity index (χ3v) is 7.80. The minimum Gasteiger partial charge on any atom is -0.0654 e. The summed E-state index contributed by atoms with van der Waals surface area (Å²) in [5, 5.41) is 0. The Hall–Kier alpha value is 0. The maximum atomic E-state index is 2.33. The van der Waals surface area contributed by atoms with Crippen molar-refractivity contribution in [1.82, 2.24) is 0 Å². The van der Waals surface area contributed by atoms with E-state index in [4.69, 9.17) is 0 Å². The fourth-order valence-corrected chi connectivity index (χ4v) is 6.21. The van der Waals surface area contributed by atoms with Crippen molar-refractivity contribution in [2.45, 2.75) is 142 Å². The van der Waals surface area contributed by atoms with Crippen LogP contribution in [0.25, 0.3) is 0 Å². The summed E-state index contributed by atoms with van der Waals surface area (Å²) in [5.74, 6) is 4.47. The lowest BCUT2D eigenvalue weighted by Crippen LogP contribution is -2.14. The second-order valence-corrected chi connectivity index (χ2v) is 9.91. The quantitative estimate of drug-likeness (QED) is 0.240. The monoisotopic (exact) mass is 362 g/mol. The molecule has 0 heterocycles. The Balaban J connectivity index is 1.66. The molecule has 2 fully saturated rings. The van der Waals surface area contributed by atoms with Crippen LogP contribution in [0.4, 0.5) is 0 Å². The zero-order valence-corrected chi connectivity index (χ0v) is 18.5. The summed E-state index contributed by atoms with van der Waals surface area (Å²) in [5.41, 5.74) is 0. The van der Waals surface area contributed by atoms with Crippen molar-refractivity contribution in [3.05, 3.63) is 0 Å². The molecule has 0 aromatic heterocycles. The van der Waals surface area contributed by atoms with Crippen LogP contribution in [0.3, 0.4) is 0 Å². The highest BCUT2D eigenvalue weighted by Gasteiger charge is 2.39. The lowest BCUT2D eigenvalue weighted by atomic mass is 9.81. The van der Waals surface area contributed by atoms with Crippen molar-refractivity contribution in [3.63, 3.8) is 0 Å². The molecule has 0 radical (unpaired) electrons. The zero-order chi connectivity index (χ0) is 18.5. The molecular formula is C26H50. The SMILES string of the molecule is CCCCCCCCC(CCCCCCCC)CC1CCC2CCCC21. The highest BCUT2D eigenvalue weighted by Crippen LogP contribution is 2.50. The first kappa shape index (κ1) is 22.3. The van der Waals surface area contributed by atoms with Gasteiger partial charge in [0.2, 0.25) is 0 Å². The molecule has 2 aliphatic carbocycles. The summed E-state index contributed by atoms with van der Waals surface area (Å²) in [6, 6.07) is 0. The van der Waals surface area contributed by atoms with Crippen LogP contribution in [0.5, 0.6) is 0 Å². The van der Waals surface area contributed by atoms with E-state index in [2.05, 4.69) is 13.8 Å². The van der Waals surface area contributed by atoms with Crippen LogP contribution in [-0.2, 0) is 0 Å². The first-order valence-electron chi connectivity index (χ1n) is 12.8. The normalized spacial score (nSPS) is 25.3. The number of hydrogen-bond donors (Lipinski definition) is 0. The molecule has 3 unspecified atom stereocenters. The summed E-state index contributed by atoms with van der Waals surface area (Å²) in [6.45, 7) is 4.66. The molecular weight excluding hydrogens is 312 g/mol. The predicted octanol–water partition coefficient (Wildman–Crippen LogP) is 9.32. The molecule has 154 valence electrons. The van der Waals surface area contributed by atoms with Gasteiger partial charge in [-0.15, -0.1) is 0 Å². The van der Waals surface area contributed by atoms with Gasteiger partial charge >= 0.3 is 0 Å². The van der Waals surface area contributed by atoms with Gasteiger partial charge < -0.3 is 0 Å². The van der Waals surface area contributed by atoms with Crippen molar-refractivity contribution >= 4 is 0 Å². The van der Waals surface area contributed by atoms with Gasteiger partial charge in [-0.3, -0.25) is 0 Å². The summed E-state index contributed by atoms with van der Waals surface area (Å²) < 4.78 is 0. The molecule has 0 bridgehead atoms. The van der Waals surface area contributed by atoms with Crippen molar-refractivity contribution in [1.29, 1.82) is 0 Å². The van der Waals surface area contributed by atoms with E-state index >= 15 is 0 Å². The van der Waals surface area contributed by atoms with Gasteiger partial charge in [-0.2, -0.15) is 0 Å². The van der Waals surface area contributed by atoms with E-state index in [1.54, 1.807) is 51.4 Å². The largest absolute Gasteiger partial charge is 0.0654 e. The van der Waals surface area contributed by atoms with Crippen LogP contribution in [-0.4, -0.2) is 0 Å². The van der Waals surface area contributed by atoms with Crippen molar-refractivity contribution in [3.8, 4) is 0 Å². The Labute approximate surface area is 166 Å². The maximum Gasteiger partial charge on any atom is -0.0357 e. The van der Waals surface area contributed by atoms with Gasteiger partial charge in [-0.1, -0.05) is 117 Å². The zero-order valence-electron chi connectivity index (χ0n) is 18.5. The Morgan fingerprint density at radius 1 is 0.615 bits per heavy atom. The molecule has 2 saturated carbocycles. The van der Waals surface area contributed by atoms with Gasteiger partial charge in [-0.05, 0) is 49.4 Å². The average Bonchev–Trinajstić information content (AvgIpc) is 3.25. The van der Waals surface area contributed by atoms with E-state index in [9.17, 15) is 0 Å². The van der Waals surface area contributed by atoms with Crippen LogP contribution in [0, 0.1) is 23.7 Å². The van der Waals surface area contributed by atoms with Crippen LogP contribution in [0.1, 0.15) is 142 Å². The summed E-state index contributed by atoms with van der Waals surface area (Å²) in [7, 11) is 0. The summed E-state index contributed by atoms with van der Waals surface area (Å²) in [6.07, 6.45) is 30.2. The summed E-state index contributed by atoms with van der Waals surface area (Å²) >= 11 is 0. The molecule has 2 rings (SSSR count). The number of unbranched alkanes of at least 4 members (excludes halogenated alkanes) is 10. The first-order valence-corrected chi connectivity index (χ1v) is 12.8. The second-order valence-electron chi connectivity index (χ2n) is 9.91. The highest BCUT2D eigenvalue weighted by molar-refractivity contribution is 4.90. The fourth-order valence-electron chi connectivity index (χ4n) is 6.21. The molecule has 0 saturated heterocycles. The van der Waals surface area contributed by atoms with E-state index in [0.717, 1.165) is 23.7 Å². The minimum absolute atomic E-state index is 1.07. The highest BCUT2D eigenvalue weighted by atomic mass is 14.4. The van der Waals surface area contributed by atoms with Gasteiger partial charge in [0.1, 0.15) is 0 Å². The van der Waals surface area contributed by atoms with Crippen LogP contribution < -0.4 is 0 Å². The fraction of sp³-hybridized carbons (Fsp3) is 1.00. The smallest absolute Gasteiger partial charge is 0.0357 e. The molecule has 26 heavy (non-hydrogen) atoms. The van der Waals surface area contributed by atoms with E-state index in [1.807, 2.05) is 0 Å². The Bertz CT molecular complexity index is 304. The summed E-state index contributed by atoms with van der Waals surface area (Å²) in [4.78, 5) is 0. The molecule has 0 heteroatoms. The average molecular weight is 363 g/mol. The van der Waals surface area contributed by atoms with E-state index in [1.165, 1.54) is 77.0 Å². The molecule has 0 N–H and O–H groups in total. The van der Waals surface area contributed by atoms with Crippen molar-refractivity contribution < 1.29 is 0 Å². The topological polar surface area (TPSA) is 0 Å². The molecule has 3 atom stereocenters.